The fourth-order valence-electron chi connectivity index (χ4n) is 1.56. The van der Waals surface area contributed by atoms with Crippen LogP contribution in [-0.4, -0.2) is 4.92 Å². The number of hydrogen-bond donors (Lipinski definition) is 1. The summed E-state index contributed by atoms with van der Waals surface area (Å²) in [6, 6.07) is 9.98. The first-order chi connectivity index (χ1) is 9.06. The number of nitrogen functional groups attached to an aromatic ring is 1. The lowest BCUT2D eigenvalue weighted by molar-refractivity contribution is -0.383. The molecule has 2 aromatic carbocycles. The largest absolute Gasteiger partial charge is 0.489 e. The zero-order valence-corrected chi connectivity index (χ0v) is 9.88. The van der Waals surface area contributed by atoms with Gasteiger partial charge in [-0.25, -0.2) is 4.39 Å². The minimum absolute atomic E-state index is 0.0882. The molecule has 6 heteroatoms. The van der Waals surface area contributed by atoms with Gasteiger partial charge in [0.25, 0.3) is 5.69 Å². The van der Waals surface area contributed by atoms with Gasteiger partial charge in [0.15, 0.2) is 0 Å². The lowest BCUT2D eigenvalue weighted by Crippen LogP contribution is -2.00. The molecule has 98 valence electrons. The van der Waals surface area contributed by atoms with Crippen LogP contribution in [0.3, 0.4) is 0 Å². The third-order valence-corrected chi connectivity index (χ3v) is 2.51. The van der Waals surface area contributed by atoms with E-state index in [1.807, 2.05) is 0 Å². The fraction of sp³-hybridized carbons (Fsp3) is 0.0769. The molecule has 2 N–H and O–H groups in total. The van der Waals surface area contributed by atoms with Gasteiger partial charge in [0.1, 0.15) is 23.9 Å². The van der Waals surface area contributed by atoms with Crippen molar-refractivity contribution in [2.75, 3.05) is 5.73 Å². The minimum Gasteiger partial charge on any atom is -0.489 e. The van der Waals surface area contributed by atoms with Gasteiger partial charge in [-0.1, -0.05) is 0 Å². The van der Waals surface area contributed by atoms with E-state index in [9.17, 15) is 14.5 Å². The van der Waals surface area contributed by atoms with Crippen molar-refractivity contribution in [2.45, 2.75) is 6.61 Å². The quantitative estimate of drug-likeness (QED) is 0.522. The van der Waals surface area contributed by atoms with E-state index in [0.717, 1.165) is 0 Å². The van der Waals surface area contributed by atoms with Crippen LogP contribution in [0.4, 0.5) is 15.8 Å². The molecule has 0 radical (unpaired) electrons. The molecule has 0 saturated carbocycles. The van der Waals surface area contributed by atoms with Crippen molar-refractivity contribution in [3.8, 4) is 5.75 Å². The third-order valence-electron chi connectivity index (χ3n) is 2.51. The van der Waals surface area contributed by atoms with Gasteiger partial charge in [-0.3, -0.25) is 10.1 Å². The second kappa shape index (κ2) is 5.34. The Kier molecular flexibility index (Phi) is 3.61. The van der Waals surface area contributed by atoms with E-state index >= 15 is 0 Å². The number of nitro groups is 1. The molecule has 19 heavy (non-hydrogen) atoms. The maximum Gasteiger partial charge on any atom is 0.292 e. The average molecular weight is 262 g/mol. The van der Waals surface area contributed by atoms with Gasteiger partial charge in [0, 0.05) is 6.07 Å². The zero-order valence-electron chi connectivity index (χ0n) is 9.88. The molecular formula is C13H11FN2O3. The van der Waals surface area contributed by atoms with Crippen molar-refractivity contribution in [1.82, 2.24) is 0 Å². The molecule has 0 aliphatic heterocycles. The molecule has 0 atom stereocenters. The first-order valence-corrected chi connectivity index (χ1v) is 5.47. The Bertz CT molecular complexity index is 599. The Hall–Kier alpha value is -2.63. The molecule has 0 unspecified atom stereocenters. The molecule has 0 aliphatic rings. The normalized spacial score (nSPS) is 10.2. The average Bonchev–Trinajstić information content (AvgIpc) is 2.37. The summed E-state index contributed by atoms with van der Waals surface area (Å²) in [4.78, 5) is 10.1. The van der Waals surface area contributed by atoms with Crippen LogP contribution in [0, 0.1) is 15.9 Å². The van der Waals surface area contributed by atoms with Gasteiger partial charge in [-0.15, -0.1) is 0 Å². The van der Waals surface area contributed by atoms with Crippen LogP contribution in [0.1, 0.15) is 5.56 Å². The van der Waals surface area contributed by atoms with Crippen molar-refractivity contribution in [3.63, 3.8) is 0 Å². The van der Waals surface area contributed by atoms with Crippen LogP contribution in [0.25, 0.3) is 0 Å². The molecular weight excluding hydrogens is 251 g/mol. The predicted molar refractivity (Wildman–Crippen MR) is 68.2 cm³/mol. The molecule has 0 bridgehead atoms. The highest BCUT2D eigenvalue weighted by Gasteiger charge is 2.11. The number of nitrogens with zero attached hydrogens (tertiary/aromatic N) is 1. The van der Waals surface area contributed by atoms with Crippen LogP contribution in [0.2, 0.25) is 0 Å². The molecule has 0 spiro atoms. The number of nitrogens with two attached hydrogens (primary N) is 1. The summed E-state index contributed by atoms with van der Waals surface area (Å²) in [6.07, 6.45) is 0. The van der Waals surface area contributed by atoms with E-state index in [1.165, 1.54) is 36.4 Å². The second-order valence-electron chi connectivity index (χ2n) is 3.89. The van der Waals surface area contributed by atoms with Gasteiger partial charge >= 0.3 is 0 Å². The van der Waals surface area contributed by atoms with E-state index in [2.05, 4.69) is 0 Å². The topological polar surface area (TPSA) is 78.4 Å². The number of halogens is 1. The third kappa shape index (κ3) is 3.19. The van der Waals surface area contributed by atoms with Crippen molar-refractivity contribution < 1.29 is 14.1 Å². The highest BCUT2D eigenvalue weighted by atomic mass is 19.1. The van der Waals surface area contributed by atoms with Crippen LogP contribution in [0.5, 0.6) is 5.75 Å². The molecule has 0 aliphatic carbocycles. The summed E-state index contributed by atoms with van der Waals surface area (Å²) in [5, 5.41) is 10.6. The molecule has 5 nitrogen and oxygen atoms in total. The summed E-state index contributed by atoms with van der Waals surface area (Å²) in [7, 11) is 0. The predicted octanol–water partition coefficient (Wildman–Crippen LogP) is 2.90. The highest BCUT2D eigenvalue weighted by Crippen LogP contribution is 2.23. The van der Waals surface area contributed by atoms with Gasteiger partial charge in [-0.2, -0.15) is 0 Å². The number of nitro benzene ring substituents is 1. The Labute approximate surface area is 108 Å². The smallest absolute Gasteiger partial charge is 0.292 e. The van der Waals surface area contributed by atoms with E-state index in [0.29, 0.717) is 11.3 Å². The zero-order chi connectivity index (χ0) is 13.8. The Morgan fingerprint density at radius 2 is 1.89 bits per heavy atom. The van der Waals surface area contributed by atoms with Crippen molar-refractivity contribution in [3.05, 3.63) is 64.0 Å². The number of benzene rings is 2. The fourth-order valence-corrected chi connectivity index (χ4v) is 1.56. The van der Waals surface area contributed by atoms with E-state index < -0.39 is 4.92 Å². The Balaban J connectivity index is 2.06. The van der Waals surface area contributed by atoms with E-state index in [-0.39, 0.29) is 23.8 Å². The maximum absolute atomic E-state index is 12.7. The summed E-state index contributed by atoms with van der Waals surface area (Å²) < 4.78 is 18.1. The van der Waals surface area contributed by atoms with Crippen molar-refractivity contribution >= 4 is 11.4 Å². The molecule has 2 rings (SSSR count). The minimum atomic E-state index is -0.542. The molecule has 0 saturated heterocycles. The Morgan fingerprint density at radius 3 is 2.47 bits per heavy atom. The SMILES string of the molecule is Nc1cc(COc2ccc(F)cc2)ccc1[N+](=O)[O-]. The second-order valence-corrected chi connectivity index (χ2v) is 3.89. The van der Waals surface area contributed by atoms with Crippen molar-refractivity contribution in [2.24, 2.45) is 0 Å². The van der Waals surface area contributed by atoms with Gasteiger partial charge in [-0.05, 0) is 42.0 Å². The van der Waals surface area contributed by atoms with E-state index in [4.69, 9.17) is 10.5 Å². The standard InChI is InChI=1S/C13H11FN2O3/c14-10-2-4-11(5-3-10)19-8-9-1-6-13(16(17)18)12(15)7-9/h1-7H,8,15H2. The van der Waals surface area contributed by atoms with Gasteiger partial charge in [0.05, 0.1) is 4.92 Å². The summed E-state index contributed by atoms with van der Waals surface area (Å²) in [5.74, 6) is 0.172. The van der Waals surface area contributed by atoms with Crippen LogP contribution >= 0.6 is 0 Å². The monoisotopic (exact) mass is 262 g/mol. The number of anilines is 1. The van der Waals surface area contributed by atoms with Gasteiger partial charge < -0.3 is 10.5 Å². The first kappa shape index (κ1) is 12.8. The molecule has 2 aromatic rings. The van der Waals surface area contributed by atoms with Crippen LogP contribution in [0.15, 0.2) is 42.5 Å². The Morgan fingerprint density at radius 1 is 1.21 bits per heavy atom. The lowest BCUT2D eigenvalue weighted by atomic mass is 10.2. The van der Waals surface area contributed by atoms with Crippen molar-refractivity contribution in [1.29, 1.82) is 0 Å². The number of rotatable bonds is 4. The molecule has 0 aromatic heterocycles. The first-order valence-electron chi connectivity index (χ1n) is 5.47. The summed E-state index contributed by atoms with van der Waals surface area (Å²) >= 11 is 0. The maximum atomic E-state index is 12.7. The lowest BCUT2D eigenvalue weighted by Gasteiger charge is -2.07. The highest BCUT2D eigenvalue weighted by molar-refractivity contribution is 5.59. The molecule has 0 amide bonds. The number of ether oxygens (including phenoxy) is 1. The van der Waals surface area contributed by atoms with E-state index in [1.54, 1.807) is 6.07 Å². The molecule has 0 fully saturated rings. The molecule has 0 heterocycles. The van der Waals surface area contributed by atoms with Crippen LogP contribution < -0.4 is 10.5 Å². The van der Waals surface area contributed by atoms with Crippen LogP contribution in [-0.2, 0) is 6.61 Å². The van der Waals surface area contributed by atoms with Gasteiger partial charge in [0.2, 0.25) is 0 Å². The summed E-state index contributed by atoms with van der Waals surface area (Å²) in [6.45, 7) is 0.202. The number of hydrogen-bond acceptors (Lipinski definition) is 4. The summed E-state index contributed by atoms with van der Waals surface area (Å²) in [5.41, 5.74) is 6.22.